The molecule has 21 nitrogen and oxygen atoms in total. The lowest BCUT2D eigenvalue weighted by molar-refractivity contribution is -0.0529. The molecule has 6 rings (SSSR count). The van der Waals surface area contributed by atoms with Gasteiger partial charge >= 0.3 is 13.9 Å². The van der Waals surface area contributed by atoms with E-state index in [0.717, 1.165) is 15.5 Å². The fourth-order valence-corrected chi connectivity index (χ4v) is 6.03. The molecule has 4 aromatic rings. The summed E-state index contributed by atoms with van der Waals surface area (Å²) < 4.78 is 50.5. The van der Waals surface area contributed by atoms with E-state index in [0.29, 0.717) is 0 Å². The number of anilines is 2. The molecule has 9 atom stereocenters. The highest BCUT2D eigenvalue weighted by Crippen LogP contribution is 2.49. The van der Waals surface area contributed by atoms with E-state index in [9.17, 15) is 39.1 Å². The van der Waals surface area contributed by atoms with E-state index in [1.807, 2.05) is 0 Å². The van der Waals surface area contributed by atoms with Crippen LogP contribution in [0.5, 0.6) is 0 Å². The molecule has 0 saturated carbocycles. The van der Waals surface area contributed by atoms with Gasteiger partial charge in [0.15, 0.2) is 40.6 Å². The summed E-state index contributed by atoms with van der Waals surface area (Å²) in [4.78, 5) is 43.8. The number of aliphatic hydroxyl groups is 4. The number of nitrogens with one attached hydrogen (secondary N) is 1. The average Bonchev–Trinajstić information content (AvgIpc) is 3.70. The molecular formula is C21H26FN10O11P. The van der Waals surface area contributed by atoms with Gasteiger partial charge in [-0.1, -0.05) is 0 Å². The first kappa shape index (κ1) is 30.3. The first-order chi connectivity index (χ1) is 20.9. The Morgan fingerprint density at radius 1 is 0.977 bits per heavy atom. The summed E-state index contributed by atoms with van der Waals surface area (Å²) in [7, 11) is -4.99. The molecule has 10 N–H and O–H groups in total. The first-order valence-corrected chi connectivity index (χ1v) is 14.4. The highest BCUT2D eigenvalue weighted by molar-refractivity contribution is 7.47. The SMILES string of the molecule is Nc1nc2c(ncn2[C@@H]2O[C@H](CO)[C@@H](O)[C@H]2OP(=O)(O)OCC[C@H]2O[C@@H](n3cnc4c(N)nc(F)nc43)[C@H](O)[C@@H]2O)c(=O)[nH]1. The summed E-state index contributed by atoms with van der Waals surface area (Å²) in [5, 5.41) is 41.5. The quantitative estimate of drug-likeness (QED) is 0.0665. The van der Waals surface area contributed by atoms with Gasteiger partial charge in [0.05, 0.1) is 32.0 Å². The second kappa shape index (κ2) is 11.3. The number of halogens is 1. The van der Waals surface area contributed by atoms with Gasteiger partial charge in [0, 0.05) is 6.42 Å². The molecule has 0 radical (unpaired) electrons. The number of rotatable bonds is 9. The van der Waals surface area contributed by atoms with Crippen LogP contribution in [0.15, 0.2) is 17.4 Å². The predicted molar refractivity (Wildman–Crippen MR) is 140 cm³/mol. The van der Waals surface area contributed by atoms with Gasteiger partial charge < -0.3 is 46.3 Å². The van der Waals surface area contributed by atoms with Crippen molar-refractivity contribution in [3.8, 4) is 0 Å². The molecule has 0 amide bonds. The molecule has 238 valence electrons. The van der Waals surface area contributed by atoms with Crippen molar-refractivity contribution >= 4 is 41.9 Å². The topological polar surface area (TPSA) is 314 Å². The van der Waals surface area contributed by atoms with E-state index in [2.05, 4.69) is 29.9 Å². The molecule has 2 fully saturated rings. The van der Waals surface area contributed by atoms with Gasteiger partial charge in [-0.3, -0.25) is 28.0 Å². The maximum absolute atomic E-state index is 13.8. The molecule has 1 unspecified atom stereocenters. The number of phosphoric acid groups is 1. The largest absolute Gasteiger partial charge is 0.472 e. The number of aromatic amines is 1. The summed E-state index contributed by atoms with van der Waals surface area (Å²) in [5.41, 5.74) is 10.3. The van der Waals surface area contributed by atoms with Crippen molar-refractivity contribution in [3.05, 3.63) is 29.1 Å². The van der Waals surface area contributed by atoms with E-state index in [1.54, 1.807) is 0 Å². The van der Waals surface area contributed by atoms with Crippen molar-refractivity contribution in [2.45, 2.75) is 55.5 Å². The van der Waals surface area contributed by atoms with Crippen LogP contribution in [0.25, 0.3) is 22.3 Å². The number of aromatic nitrogens is 8. The Hall–Kier alpha value is -3.70. The minimum atomic E-state index is -4.99. The second-order valence-electron chi connectivity index (χ2n) is 9.92. The van der Waals surface area contributed by atoms with Gasteiger partial charge in [0.25, 0.3) is 5.56 Å². The average molecular weight is 644 g/mol. The predicted octanol–water partition coefficient (Wildman–Crippen LogP) is -2.97. The number of hydrogen-bond donors (Lipinski definition) is 8. The zero-order valence-corrected chi connectivity index (χ0v) is 23.1. The monoisotopic (exact) mass is 644 g/mol. The highest BCUT2D eigenvalue weighted by atomic mass is 31.2. The third-order valence-electron chi connectivity index (χ3n) is 7.16. The van der Waals surface area contributed by atoms with Crippen LogP contribution in [0, 0.1) is 6.08 Å². The second-order valence-corrected chi connectivity index (χ2v) is 11.3. The molecule has 4 aromatic heterocycles. The first-order valence-electron chi connectivity index (χ1n) is 12.9. The maximum Gasteiger partial charge on any atom is 0.472 e. The number of H-pyrrole nitrogens is 1. The lowest BCUT2D eigenvalue weighted by Gasteiger charge is -2.24. The van der Waals surface area contributed by atoms with Gasteiger partial charge in [-0.25, -0.2) is 14.5 Å². The Morgan fingerprint density at radius 3 is 2.36 bits per heavy atom. The third-order valence-corrected chi connectivity index (χ3v) is 8.18. The molecule has 2 saturated heterocycles. The van der Waals surface area contributed by atoms with Gasteiger partial charge in [-0.2, -0.15) is 19.3 Å². The summed E-state index contributed by atoms with van der Waals surface area (Å²) in [6, 6.07) is 0. The Balaban J connectivity index is 1.14. The van der Waals surface area contributed by atoms with Crippen LogP contribution >= 0.6 is 7.82 Å². The Labute approximate surface area is 243 Å². The van der Waals surface area contributed by atoms with Gasteiger partial charge in [0.2, 0.25) is 5.95 Å². The molecule has 23 heteroatoms. The van der Waals surface area contributed by atoms with Crippen molar-refractivity contribution in [2.24, 2.45) is 0 Å². The zero-order valence-electron chi connectivity index (χ0n) is 22.2. The smallest absolute Gasteiger partial charge is 0.394 e. The van der Waals surface area contributed by atoms with Crippen LogP contribution in [0.1, 0.15) is 18.9 Å². The number of hydrogen-bond acceptors (Lipinski definition) is 17. The number of fused-ring (bicyclic) bond motifs is 2. The molecule has 6 heterocycles. The number of imidazole rings is 2. The van der Waals surface area contributed by atoms with Crippen LogP contribution in [0.2, 0.25) is 0 Å². The molecule has 0 spiro atoms. The molecule has 2 aliphatic heterocycles. The minimum Gasteiger partial charge on any atom is -0.394 e. The van der Waals surface area contributed by atoms with Crippen LogP contribution < -0.4 is 17.0 Å². The molecule has 0 aromatic carbocycles. The van der Waals surface area contributed by atoms with Crippen molar-refractivity contribution < 1.29 is 52.8 Å². The minimum absolute atomic E-state index is 0.0383. The van der Waals surface area contributed by atoms with E-state index >= 15 is 0 Å². The molecule has 2 aliphatic rings. The summed E-state index contributed by atoms with van der Waals surface area (Å²) in [6.45, 7) is -1.25. The zero-order chi connectivity index (χ0) is 31.5. The van der Waals surface area contributed by atoms with E-state index in [1.165, 1.54) is 6.33 Å². The van der Waals surface area contributed by atoms with Crippen molar-refractivity contribution in [1.29, 1.82) is 0 Å². The van der Waals surface area contributed by atoms with E-state index in [-0.39, 0.29) is 40.5 Å². The standard InChI is InChI=1S/C21H26FN10O11P/c22-20-27-14(23)8-15(28-20)31(4-25-8)18-12(36)10(34)6(41-18)1-2-40-44(38,39)43-13-11(35)7(3-33)42-19(13)32-5-26-9-16(32)29-21(24)30-17(9)37/h4-7,10-13,18-19,33-36H,1-3H2,(H,38,39)(H2,23,27,28)(H3,24,29,30,37)/t6-,7-,10-,11-,12-,13-,18-,19-/m1/s1. The van der Waals surface area contributed by atoms with Gasteiger partial charge in [-0.05, 0) is 0 Å². The summed E-state index contributed by atoms with van der Waals surface area (Å²) in [5.74, 6) is -0.506. The highest BCUT2D eigenvalue weighted by Gasteiger charge is 2.50. The lowest BCUT2D eigenvalue weighted by Crippen LogP contribution is -2.35. The van der Waals surface area contributed by atoms with Crippen LogP contribution in [0.3, 0.4) is 0 Å². The van der Waals surface area contributed by atoms with Crippen molar-refractivity contribution in [1.82, 2.24) is 39.0 Å². The van der Waals surface area contributed by atoms with Crippen LogP contribution in [-0.4, -0.2) is 114 Å². The molecule has 0 bridgehead atoms. The number of ether oxygens (including phenoxy) is 2. The van der Waals surface area contributed by atoms with E-state index in [4.69, 9.17) is 30.0 Å². The fraction of sp³-hybridized carbons (Fsp3) is 0.524. The van der Waals surface area contributed by atoms with Crippen LogP contribution in [0.4, 0.5) is 16.2 Å². The summed E-state index contributed by atoms with van der Waals surface area (Å²) >= 11 is 0. The van der Waals surface area contributed by atoms with E-state index < -0.39 is 81.8 Å². The number of phosphoric ester groups is 1. The molecule has 0 aliphatic carbocycles. The van der Waals surface area contributed by atoms with Gasteiger partial charge in [0.1, 0.15) is 30.5 Å². The molecule has 44 heavy (non-hydrogen) atoms. The Bertz CT molecular complexity index is 1800. The summed E-state index contributed by atoms with van der Waals surface area (Å²) in [6.07, 6.45) is -10.6. The van der Waals surface area contributed by atoms with Crippen LogP contribution in [-0.2, 0) is 23.1 Å². The number of nitrogens with zero attached hydrogens (tertiary/aromatic N) is 7. The number of aliphatic hydroxyl groups excluding tert-OH is 4. The Morgan fingerprint density at radius 2 is 1.64 bits per heavy atom. The Kier molecular flexibility index (Phi) is 7.82. The van der Waals surface area contributed by atoms with Crippen molar-refractivity contribution in [3.63, 3.8) is 0 Å². The number of nitrogens with two attached hydrogens (primary N) is 2. The van der Waals surface area contributed by atoms with Crippen molar-refractivity contribution in [2.75, 3.05) is 24.7 Å². The number of nitrogen functional groups attached to an aromatic ring is 2. The normalized spacial score (nSPS) is 30.4. The fourth-order valence-electron chi connectivity index (χ4n) is 5.10. The molecular weight excluding hydrogens is 618 g/mol. The maximum atomic E-state index is 13.8. The third kappa shape index (κ3) is 5.30. The van der Waals surface area contributed by atoms with Gasteiger partial charge in [-0.15, -0.1) is 0 Å². The lowest BCUT2D eigenvalue weighted by atomic mass is 10.1.